The van der Waals surface area contributed by atoms with E-state index in [2.05, 4.69) is 9.72 Å². The molecule has 6 nitrogen and oxygen atoms in total. The summed E-state index contributed by atoms with van der Waals surface area (Å²) in [6.07, 6.45) is 1.55. The summed E-state index contributed by atoms with van der Waals surface area (Å²) in [6.45, 7) is 0.414. The molecule has 0 bridgehead atoms. The predicted molar refractivity (Wildman–Crippen MR) is 62.0 cm³/mol. The van der Waals surface area contributed by atoms with E-state index in [0.717, 1.165) is 0 Å². The van der Waals surface area contributed by atoms with Gasteiger partial charge in [0.05, 0.1) is 20.3 Å². The molecule has 0 atom stereocenters. The van der Waals surface area contributed by atoms with Gasteiger partial charge in [-0.05, 0) is 12.1 Å². The molecule has 1 aromatic heterocycles. The lowest BCUT2D eigenvalue weighted by atomic mass is 10.2. The van der Waals surface area contributed by atoms with E-state index in [-0.39, 0.29) is 13.2 Å². The SMILES string of the molecule is COC(=O)c1cccnc1N(CCO)CCO. The zero-order chi connectivity index (χ0) is 12.7. The van der Waals surface area contributed by atoms with Gasteiger partial charge >= 0.3 is 5.97 Å². The molecule has 0 amide bonds. The number of hydrogen-bond acceptors (Lipinski definition) is 6. The number of nitrogens with zero attached hydrogens (tertiary/aromatic N) is 2. The zero-order valence-electron chi connectivity index (χ0n) is 9.67. The van der Waals surface area contributed by atoms with Gasteiger partial charge in [0.1, 0.15) is 11.4 Å². The number of esters is 1. The largest absolute Gasteiger partial charge is 0.465 e. The van der Waals surface area contributed by atoms with Gasteiger partial charge in [-0.25, -0.2) is 9.78 Å². The van der Waals surface area contributed by atoms with Gasteiger partial charge in [-0.1, -0.05) is 0 Å². The molecule has 6 heteroatoms. The summed E-state index contributed by atoms with van der Waals surface area (Å²) in [6, 6.07) is 3.22. The van der Waals surface area contributed by atoms with Crippen LogP contribution in [0.2, 0.25) is 0 Å². The molecule has 2 N–H and O–H groups in total. The topological polar surface area (TPSA) is 82.9 Å². The molecule has 0 fully saturated rings. The van der Waals surface area contributed by atoms with Gasteiger partial charge < -0.3 is 19.8 Å². The van der Waals surface area contributed by atoms with Crippen LogP contribution in [-0.4, -0.2) is 54.6 Å². The number of aromatic nitrogens is 1. The predicted octanol–water partition coefficient (Wildman–Crippen LogP) is -0.341. The van der Waals surface area contributed by atoms with Gasteiger partial charge in [-0.2, -0.15) is 0 Å². The lowest BCUT2D eigenvalue weighted by Crippen LogP contribution is -2.32. The first-order valence-electron chi connectivity index (χ1n) is 5.24. The Labute approximate surface area is 99.5 Å². The average Bonchev–Trinajstić information content (AvgIpc) is 2.37. The van der Waals surface area contributed by atoms with Crippen molar-refractivity contribution < 1.29 is 19.7 Å². The first kappa shape index (κ1) is 13.4. The minimum Gasteiger partial charge on any atom is -0.465 e. The van der Waals surface area contributed by atoms with Crippen LogP contribution < -0.4 is 4.90 Å². The van der Waals surface area contributed by atoms with Gasteiger partial charge in [0, 0.05) is 19.3 Å². The molecular formula is C11H16N2O4. The summed E-state index contributed by atoms with van der Waals surface area (Å²) < 4.78 is 4.65. The second-order valence-corrected chi connectivity index (χ2v) is 3.30. The zero-order valence-corrected chi connectivity index (χ0v) is 9.67. The number of pyridine rings is 1. The Hall–Kier alpha value is -1.66. The van der Waals surface area contributed by atoms with Gasteiger partial charge in [0.15, 0.2) is 0 Å². The Kier molecular flexibility index (Phi) is 5.38. The molecule has 0 aliphatic rings. The monoisotopic (exact) mass is 240 g/mol. The highest BCUT2D eigenvalue weighted by atomic mass is 16.5. The molecule has 17 heavy (non-hydrogen) atoms. The van der Waals surface area contributed by atoms with Crippen molar-refractivity contribution in [3.8, 4) is 0 Å². The van der Waals surface area contributed by atoms with Crippen LogP contribution in [0.4, 0.5) is 5.82 Å². The van der Waals surface area contributed by atoms with E-state index < -0.39 is 5.97 Å². The van der Waals surface area contributed by atoms with E-state index in [1.165, 1.54) is 7.11 Å². The number of aliphatic hydroxyl groups is 2. The number of aliphatic hydroxyl groups excluding tert-OH is 2. The summed E-state index contributed by atoms with van der Waals surface area (Å²) in [7, 11) is 1.29. The van der Waals surface area contributed by atoms with Crippen LogP contribution in [-0.2, 0) is 4.74 Å². The van der Waals surface area contributed by atoms with Crippen molar-refractivity contribution in [2.24, 2.45) is 0 Å². The quantitative estimate of drug-likeness (QED) is 0.662. The third-order valence-electron chi connectivity index (χ3n) is 2.23. The molecule has 1 heterocycles. The third-order valence-corrected chi connectivity index (χ3v) is 2.23. The maximum atomic E-state index is 11.5. The molecule has 0 saturated heterocycles. The van der Waals surface area contributed by atoms with Crippen LogP contribution in [0.15, 0.2) is 18.3 Å². The Bertz CT molecular complexity index is 364. The second kappa shape index (κ2) is 6.82. The summed E-state index contributed by atoms with van der Waals surface area (Å²) in [5.41, 5.74) is 0.317. The fourth-order valence-electron chi connectivity index (χ4n) is 1.48. The van der Waals surface area contributed by atoms with Crippen LogP contribution in [0.3, 0.4) is 0 Å². The third kappa shape index (κ3) is 3.40. The van der Waals surface area contributed by atoms with Crippen molar-refractivity contribution in [3.63, 3.8) is 0 Å². The van der Waals surface area contributed by atoms with Crippen molar-refractivity contribution in [1.82, 2.24) is 4.98 Å². The average molecular weight is 240 g/mol. The van der Waals surface area contributed by atoms with Crippen LogP contribution >= 0.6 is 0 Å². The van der Waals surface area contributed by atoms with Crippen molar-refractivity contribution in [2.45, 2.75) is 0 Å². The first-order chi connectivity index (χ1) is 8.24. The van der Waals surface area contributed by atoms with E-state index in [1.54, 1.807) is 23.2 Å². The van der Waals surface area contributed by atoms with Crippen molar-refractivity contribution in [1.29, 1.82) is 0 Å². The number of carbonyl (C=O) groups excluding carboxylic acids is 1. The highest BCUT2D eigenvalue weighted by Crippen LogP contribution is 2.17. The summed E-state index contributed by atoms with van der Waals surface area (Å²) >= 11 is 0. The lowest BCUT2D eigenvalue weighted by molar-refractivity contribution is 0.0600. The lowest BCUT2D eigenvalue weighted by Gasteiger charge is -2.23. The maximum Gasteiger partial charge on any atom is 0.341 e. The molecular weight excluding hydrogens is 224 g/mol. The Morgan fingerprint density at radius 2 is 2.06 bits per heavy atom. The Morgan fingerprint density at radius 3 is 2.59 bits per heavy atom. The number of hydrogen-bond donors (Lipinski definition) is 2. The van der Waals surface area contributed by atoms with Gasteiger partial charge in [0.25, 0.3) is 0 Å². The fourth-order valence-corrected chi connectivity index (χ4v) is 1.48. The van der Waals surface area contributed by atoms with Crippen LogP contribution in [0.5, 0.6) is 0 Å². The highest BCUT2D eigenvalue weighted by molar-refractivity contribution is 5.94. The van der Waals surface area contributed by atoms with Crippen molar-refractivity contribution in [3.05, 3.63) is 23.9 Å². The summed E-state index contributed by atoms with van der Waals surface area (Å²) in [5.74, 6) is -0.0866. The number of ether oxygens (including phenoxy) is 1. The maximum absolute atomic E-state index is 11.5. The highest BCUT2D eigenvalue weighted by Gasteiger charge is 2.17. The van der Waals surface area contributed by atoms with E-state index in [1.807, 2.05) is 0 Å². The van der Waals surface area contributed by atoms with Gasteiger partial charge in [-0.3, -0.25) is 0 Å². The number of anilines is 1. The summed E-state index contributed by atoms with van der Waals surface area (Å²) in [4.78, 5) is 17.3. The van der Waals surface area contributed by atoms with Crippen molar-refractivity contribution in [2.75, 3.05) is 38.3 Å². The second-order valence-electron chi connectivity index (χ2n) is 3.30. The van der Waals surface area contributed by atoms with E-state index in [4.69, 9.17) is 10.2 Å². The minimum atomic E-state index is -0.492. The molecule has 0 spiro atoms. The van der Waals surface area contributed by atoms with E-state index >= 15 is 0 Å². The van der Waals surface area contributed by atoms with Crippen LogP contribution in [0.25, 0.3) is 0 Å². The van der Waals surface area contributed by atoms with Gasteiger partial charge in [0.2, 0.25) is 0 Å². The van der Waals surface area contributed by atoms with E-state index in [9.17, 15) is 4.79 Å². The molecule has 0 aliphatic heterocycles. The molecule has 0 saturated carbocycles. The van der Waals surface area contributed by atoms with Crippen LogP contribution in [0.1, 0.15) is 10.4 Å². The molecule has 1 aromatic rings. The number of carbonyl (C=O) groups is 1. The van der Waals surface area contributed by atoms with Gasteiger partial charge in [-0.15, -0.1) is 0 Å². The number of methoxy groups -OCH3 is 1. The van der Waals surface area contributed by atoms with E-state index in [0.29, 0.717) is 24.5 Å². The first-order valence-corrected chi connectivity index (χ1v) is 5.24. The van der Waals surface area contributed by atoms with Crippen molar-refractivity contribution >= 4 is 11.8 Å². The Balaban J connectivity index is 3.04. The molecule has 0 unspecified atom stereocenters. The summed E-state index contributed by atoms with van der Waals surface area (Å²) in [5, 5.41) is 17.9. The Morgan fingerprint density at radius 1 is 1.41 bits per heavy atom. The minimum absolute atomic E-state index is 0.0861. The molecule has 0 radical (unpaired) electrons. The van der Waals surface area contributed by atoms with Crippen LogP contribution in [0, 0.1) is 0 Å². The number of rotatable bonds is 6. The smallest absolute Gasteiger partial charge is 0.341 e. The molecule has 1 rings (SSSR count). The molecule has 94 valence electrons. The fraction of sp³-hybridized carbons (Fsp3) is 0.455. The molecule has 0 aromatic carbocycles. The standard InChI is InChI=1S/C11H16N2O4/c1-17-11(16)9-3-2-4-12-10(9)13(5-7-14)6-8-15/h2-4,14-15H,5-8H2,1H3. The normalized spacial score (nSPS) is 10.1. The molecule has 0 aliphatic carbocycles.